The summed E-state index contributed by atoms with van der Waals surface area (Å²) < 4.78 is 67.4. The fraction of sp³-hybridized carbons (Fsp3) is 0.419. The van der Waals surface area contributed by atoms with E-state index in [1.807, 2.05) is 0 Å². The van der Waals surface area contributed by atoms with Crippen LogP contribution >= 0.6 is 0 Å². The highest BCUT2D eigenvalue weighted by molar-refractivity contribution is 7.87. The van der Waals surface area contributed by atoms with Crippen molar-refractivity contribution >= 4 is 15.8 Å². The maximum absolute atomic E-state index is 13.3. The summed E-state index contributed by atoms with van der Waals surface area (Å²) in [6.07, 6.45) is -6.87. The molecule has 0 radical (unpaired) electrons. The van der Waals surface area contributed by atoms with Crippen LogP contribution in [0.1, 0.15) is 30.1 Å². The molecule has 5 N–H and O–H groups in total. The van der Waals surface area contributed by atoms with E-state index in [0.717, 1.165) is 11.3 Å². The minimum atomic E-state index is -4.29. The van der Waals surface area contributed by atoms with Crippen molar-refractivity contribution in [2.24, 2.45) is 5.92 Å². The molecule has 6 unspecified atom stereocenters. The zero-order valence-electron chi connectivity index (χ0n) is 24.0. The van der Waals surface area contributed by atoms with Crippen LogP contribution in [0.4, 0.5) is 14.5 Å². The van der Waals surface area contributed by atoms with Gasteiger partial charge in [-0.3, -0.25) is 0 Å². The van der Waals surface area contributed by atoms with Crippen LogP contribution in [0.3, 0.4) is 0 Å². The SMILES string of the molecule is COC1OC(CS(=O)(=O)Oc2ccc(C[C@@H](CCC(O)c3ccc(F)cc3)CNc3ccc(F)cc3)cc2)C(O)C(O)C1O. The van der Waals surface area contributed by atoms with Gasteiger partial charge in [0.25, 0.3) is 0 Å². The second-order valence-electron chi connectivity index (χ2n) is 10.8. The van der Waals surface area contributed by atoms with Gasteiger partial charge in [-0.05, 0) is 84.8 Å². The van der Waals surface area contributed by atoms with Gasteiger partial charge in [0.2, 0.25) is 0 Å². The van der Waals surface area contributed by atoms with Gasteiger partial charge in [-0.1, -0.05) is 24.3 Å². The first-order valence-electron chi connectivity index (χ1n) is 14.1. The van der Waals surface area contributed by atoms with Gasteiger partial charge in [-0.15, -0.1) is 0 Å². The molecule has 1 aliphatic rings. The molecule has 1 aliphatic heterocycles. The Balaban J connectivity index is 1.38. The summed E-state index contributed by atoms with van der Waals surface area (Å²) in [4.78, 5) is 0. The lowest BCUT2D eigenvalue weighted by Gasteiger charge is -2.39. The van der Waals surface area contributed by atoms with Gasteiger partial charge in [-0.25, -0.2) is 8.78 Å². The lowest BCUT2D eigenvalue weighted by molar-refractivity contribution is -0.285. The van der Waals surface area contributed by atoms with E-state index in [4.69, 9.17) is 13.7 Å². The van der Waals surface area contributed by atoms with Crippen molar-refractivity contribution in [2.75, 3.05) is 24.7 Å². The molecule has 1 saturated heterocycles. The van der Waals surface area contributed by atoms with Crippen LogP contribution in [0, 0.1) is 17.6 Å². The largest absolute Gasteiger partial charge is 0.388 e. The van der Waals surface area contributed by atoms with Crippen LogP contribution in [0.2, 0.25) is 0 Å². The fourth-order valence-corrected chi connectivity index (χ4v) is 6.15. The Bertz CT molecular complexity index is 1420. The van der Waals surface area contributed by atoms with Crippen molar-refractivity contribution < 1.29 is 51.3 Å². The number of benzene rings is 3. The highest BCUT2D eigenvalue weighted by Gasteiger charge is 2.45. The number of aliphatic hydroxyl groups excluding tert-OH is 4. The molecule has 13 heteroatoms. The number of nitrogens with one attached hydrogen (secondary N) is 1. The Morgan fingerprint density at radius 1 is 0.864 bits per heavy atom. The quantitative estimate of drug-likeness (QED) is 0.167. The monoisotopic (exact) mass is 637 g/mol. The summed E-state index contributed by atoms with van der Waals surface area (Å²) >= 11 is 0. The molecule has 7 atom stereocenters. The zero-order valence-corrected chi connectivity index (χ0v) is 24.8. The van der Waals surface area contributed by atoms with Gasteiger partial charge in [0, 0.05) is 19.3 Å². The minimum absolute atomic E-state index is 0.00565. The standard InChI is InChI=1S/C31H37F2NO9S/c1-41-31-30(38)29(37)28(36)27(42-31)18-44(39,40)43-25-13-2-19(3-14-25)16-20(17-34-24-11-9-23(33)10-12-24)4-15-26(35)21-5-7-22(32)8-6-21/h2-3,5-14,20,26-31,34-38H,4,15-18H2,1H3/t20-,26?,27?,28?,29?,30?,31?/m1/s1. The van der Waals surface area contributed by atoms with E-state index in [1.165, 1.54) is 43.5 Å². The van der Waals surface area contributed by atoms with Gasteiger partial charge >= 0.3 is 10.1 Å². The number of hydrogen-bond donors (Lipinski definition) is 5. The summed E-state index contributed by atoms with van der Waals surface area (Å²) in [5.74, 6) is -1.51. The van der Waals surface area contributed by atoms with E-state index in [1.54, 1.807) is 36.4 Å². The van der Waals surface area contributed by atoms with E-state index in [-0.39, 0.29) is 23.3 Å². The van der Waals surface area contributed by atoms with Crippen molar-refractivity contribution in [1.29, 1.82) is 0 Å². The van der Waals surface area contributed by atoms with Crippen LogP contribution in [0.25, 0.3) is 0 Å². The molecule has 3 aromatic carbocycles. The van der Waals surface area contributed by atoms with Crippen molar-refractivity contribution in [3.05, 3.63) is 95.6 Å². The van der Waals surface area contributed by atoms with Crippen LogP contribution in [0.5, 0.6) is 5.75 Å². The molecule has 0 saturated carbocycles. The smallest absolute Gasteiger partial charge is 0.311 e. The lowest BCUT2D eigenvalue weighted by Crippen LogP contribution is -2.59. The molecule has 240 valence electrons. The number of halogens is 2. The Kier molecular flexibility index (Phi) is 11.7. The third-order valence-corrected chi connectivity index (χ3v) is 8.67. The summed E-state index contributed by atoms with van der Waals surface area (Å²) in [6.45, 7) is 0.501. The van der Waals surface area contributed by atoms with E-state index in [2.05, 4.69) is 5.32 Å². The van der Waals surface area contributed by atoms with Crippen LogP contribution in [0.15, 0.2) is 72.8 Å². The third-order valence-electron chi connectivity index (χ3n) is 7.48. The van der Waals surface area contributed by atoms with E-state index < -0.39 is 52.7 Å². The molecule has 1 heterocycles. The third kappa shape index (κ3) is 9.41. The average Bonchev–Trinajstić information content (AvgIpc) is 3.00. The molecule has 0 amide bonds. The predicted molar refractivity (Wildman–Crippen MR) is 157 cm³/mol. The summed E-state index contributed by atoms with van der Waals surface area (Å²) in [6, 6.07) is 18.0. The van der Waals surface area contributed by atoms with E-state index >= 15 is 0 Å². The zero-order chi connectivity index (χ0) is 31.9. The number of anilines is 1. The minimum Gasteiger partial charge on any atom is -0.388 e. The molecule has 0 bridgehead atoms. The normalized spacial score (nSPS) is 23.6. The molecule has 1 fully saturated rings. The van der Waals surface area contributed by atoms with Crippen LogP contribution in [-0.2, 0) is 26.0 Å². The molecule has 0 aliphatic carbocycles. The van der Waals surface area contributed by atoms with Gasteiger partial charge in [-0.2, -0.15) is 8.42 Å². The molecule has 3 aromatic rings. The first kappa shape index (κ1) is 33.7. The predicted octanol–water partition coefficient (Wildman–Crippen LogP) is 2.91. The molecular weight excluding hydrogens is 600 g/mol. The fourth-order valence-electron chi connectivity index (χ4n) is 5.00. The molecule has 0 spiro atoms. The molecule has 44 heavy (non-hydrogen) atoms. The number of methoxy groups -OCH3 is 1. The van der Waals surface area contributed by atoms with Crippen molar-refractivity contribution in [3.8, 4) is 5.75 Å². The first-order chi connectivity index (χ1) is 20.9. The number of ether oxygens (including phenoxy) is 2. The van der Waals surface area contributed by atoms with E-state index in [0.29, 0.717) is 31.4 Å². The topological polar surface area (TPSA) is 155 Å². The van der Waals surface area contributed by atoms with Crippen molar-refractivity contribution in [1.82, 2.24) is 0 Å². The summed E-state index contributed by atoms with van der Waals surface area (Å²) in [5, 5.41) is 44.0. The highest BCUT2D eigenvalue weighted by Crippen LogP contribution is 2.27. The van der Waals surface area contributed by atoms with Gasteiger partial charge < -0.3 is 39.4 Å². The Morgan fingerprint density at radius 2 is 1.48 bits per heavy atom. The van der Waals surface area contributed by atoms with E-state index in [9.17, 15) is 37.6 Å². The number of aliphatic hydroxyl groups is 4. The lowest BCUT2D eigenvalue weighted by atomic mass is 9.91. The second-order valence-corrected chi connectivity index (χ2v) is 12.4. The maximum Gasteiger partial charge on any atom is 0.311 e. The Labute approximate surface area is 255 Å². The molecular formula is C31H37F2NO9S. The first-order valence-corrected chi connectivity index (χ1v) is 15.7. The Morgan fingerprint density at radius 3 is 2.09 bits per heavy atom. The Hall–Kier alpha value is -3.17. The van der Waals surface area contributed by atoms with Crippen molar-refractivity contribution in [3.63, 3.8) is 0 Å². The maximum atomic E-state index is 13.3. The second kappa shape index (κ2) is 15.2. The number of hydrogen-bond acceptors (Lipinski definition) is 10. The summed E-state index contributed by atoms with van der Waals surface area (Å²) in [5.41, 5.74) is 2.20. The number of rotatable bonds is 14. The van der Waals surface area contributed by atoms with Gasteiger partial charge in [0.15, 0.2) is 6.29 Å². The molecule has 10 nitrogen and oxygen atoms in total. The van der Waals surface area contributed by atoms with Gasteiger partial charge in [0.1, 0.15) is 47.6 Å². The van der Waals surface area contributed by atoms with Crippen LogP contribution < -0.4 is 9.50 Å². The van der Waals surface area contributed by atoms with Crippen molar-refractivity contribution in [2.45, 2.75) is 56.1 Å². The molecule has 0 aromatic heterocycles. The van der Waals surface area contributed by atoms with Gasteiger partial charge in [0.05, 0.1) is 6.10 Å². The van der Waals surface area contributed by atoms with Crippen LogP contribution in [-0.4, -0.2) is 79.0 Å². The molecule has 4 rings (SSSR count). The average molecular weight is 638 g/mol. The summed E-state index contributed by atoms with van der Waals surface area (Å²) in [7, 11) is -3.08. The highest BCUT2D eigenvalue weighted by atomic mass is 32.2.